The third-order valence-electron chi connectivity index (χ3n) is 2.95. The number of hydrogen-bond donors (Lipinski definition) is 1. The molecule has 0 spiro atoms. The Kier molecular flexibility index (Phi) is 6.16. The highest BCUT2D eigenvalue weighted by Gasteiger charge is 2.09. The van der Waals surface area contributed by atoms with E-state index in [2.05, 4.69) is 41.2 Å². The highest BCUT2D eigenvalue weighted by atomic mass is 15.1. The maximum absolute atomic E-state index is 8.67. The number of pyridine rings is 1. The van der Waals surface area contributed by atoms with Crippen LogP contribution in [-0.2, 0) is 6.54 Å². The van der Waals surface area contributed by atoms with E-state index in [-0.39, 0.29) is 6.04 Å². The summed E-state index contributed by atoms with van der Waals surface area (Å²) in [6.45, 7) is 5.97. The lowest BCUT2D eigenvalue weighted by atomic mass is 10.2. The number of aromatic nitrogens is 1. The topological polar surface area (TPSA) is 52.0 Å². The van der Waals surface area contributed by atoms with Crippen LogP contribution in [0.5, 0.6) is 0 Å². The molecule has 0 fully saturated rings. The molecule has 0 aliphatic heterocycles. The first-order valence-electron chi connectivity index (χ1n) is 6.43. The summed E-state index contributed by atoms with van der Waals surface area (Å²) in [6.07, 6.45) is 3.55. The zero-order valence-corrected chi connectivity index (χ0v) is 11.5. The van der Waals surface area contributed by atoms with Crippen molar-refractivity contribution in [2.75, 3.05) is 18.9 Å². The summed E-state index contributed by atoms with van der Waals surface area (Å²) < 4.78 is 0. The van der Waals surface area contributed by atoms with Crippen molar-refractivity contribution in [3.63, 3.8) is 0 Å². The fourth-order valence-corrected chi connectivity index (χ4v) is 1.61. The van der Waals surface area contributed by atoms with E-state index in [1.54, 1.807) is 0 Å². The van der Waals surface area contributed by atoms with Gasteiger partial charge in [-0.1, -0.05) is 13.0 Å². The van der Waals surface area contributed by atoms with Crippen LogP contribution in [0, 0.1) is 11.3 Å². The van der Waals surface area contributed by atoms with E-state index in [0.29, 0.717) is 6.42 Å². The molecule has 4 heteroatoms. The highest BCUT2D eigenvalue weighted by Crippen LogP contribution is 2.10. The van der Waals surface area contributed by atoms with Crippen molar-refractivity contribution < 1.29 is 0 Å². The van der Waals surface area contributed by atoms with Crippen LogP contribution >= 0.6 is 0 Å². The molecule has 4 nitrogen and oxygen atoms in total. The third kappa shape index (κ3) is 4.72. The van der Waals surface area contributed by atoms with Gasteiger partial charge in [-0.2, -0.15) is 5.26 Å². The quantitative estimate of drug-likeness (QED) is 0.803. The maximum atomic E-state index is 8.67. The van der Waals surface area contributed by atoms with Crippen LogP contribution < -0.4 is 5.32 Å². The summed E-state index contributed by atoms with van der Waals surface area (Å²) in [5.74, 6) is 0.924. The average Bonchev–Trinajstić information content (AvgIpc) is 2.38. The second-order valence-electron chi connectivity index (χ2n) is 4.60. The van der Waals surface area contributed by atoms with Crippen molar-refractivity contribution in [2.45, 2.75) is 39.3 Å². The van der Waals surface area contributed by atoms with Gasteiger partial charge in [0.2, 0.25) is 0 Å². The van der Waals surface area contributed by atoms with Crippen LogP contribution in [0.25, 0.3) is 0 Å². The predicted octanol–water partition coefficient (Wildman–Crippen LogP) is 2.64. The van der Waals surface area contributed by atoms with Crippen molar-refractivity contribution in [1.82, 2.24) is 9.88 Å². The Bertz CT molecular complexity index is 380. The molecule has 18 heavy (non-hydrogen) atoms. The number of rotatable bonds is 7. The van der Waals surface area contributed by atoms with Crippen molar-refractivity contribution >= 4 is 5.82 Å². The molecule has 0 aliphatic carbocycles. The molecule has 0 saturated carbocycles. The first-order valence-corrected chi connectivity index (χ1v) is 6.43. The van der Waals surface area contributed by atoms with Gasteiger partial charge in [0, 0.05) is 25.3 Å². The molecule has 0 aliphatic rings. The molecule has 0 saturated heterocycles. The van der Waals surface area contributed by atoms with Crippen molar-refractivity contribution in [3.8, 4) is 6.07 Å². The van der Waals surface area contributed by atoms with E-state index in [0.717, 1.165) is 25.3 Å². The monoisotopic (exact) mass is 246 g/mol. The molecule has 1 aromatic heterocycles. The highest BCUT2D eigenvalue weighted by molar-refractivity contribution is 5.35. The van der Waals surface area contributed by atoms with Gasteiger partial charge in [0.25, 0.3) is 0 Å². The van der Waals surface area contributed by atoms with Crippen LogP contribution in [0.1, 0.15) is 32.3 Å². The van der Waals surface area contributed by atoms with Crippen LogP contribution in [0.15, 0.2) is 18.3 Å². The molecular formula is C14H22N4. The molecule has 0 radical (unpaired) electrons. The summed E-state index contributed by atoms with van der Waals surface area (Å²) in [7, 11) is 2.03. The number of anilines is 1. The zero-order chi connectivity index (χ0) is 13.4. The Morgan fingerprint density at radius 3 is 2.83 bits per heavy atom. The second-order valence-corrected chi connectivity index (χ2v) is 4.60. The number of nitriles is 1. The Morgan fingerprint density at radius 2 is 2.28 bits per heavy atom. The van der Waals surface area contributed by atoms with Gasteiger partial charge in [0.1, 0.15) is 5.82 Å². The number of nitrogens with zero attached hydrogens (tertiary/aromatic N) is 3. The summed E-state index contributed by atoms with van der Waals surface area (Å²) in [5, 5.41) is 11.9. The van der Waals surface area contributed by atoms with Crippen molar-refractivity contribution in [2.24, 2.45) is 0 Å². The Balaban J connectivity index is 2.50. The first-order chi connectivity index (χ1) is 8.67. The number of hydrogen-bond acceptors (Lipinski definition) is 4. The van der Waals surface area contributed by atoms with E-state index in [4.69, 9.17) is 5.26 Å². The van der Waals surface area contributed by atoms with Gasteiger partial charge in [0.05, 0.1) is 12.5 Å². The lowest BCUT2D eigenvalue weighted by Crippen LogP contribution is -2.28. The molecule has 1 N–H and O–H groups in total. The van der Waals surface area contributed by atoms with Crippen LogP contribution in [0.4, 0.5) is 5.82 Å². The van der Waals surface area contributed by atoms with E-state index in [1.165, 1.54) is 5.56 Å². The van der Waals surface area contributed by atoms with E-state index < -0.39 is 0 Å². The Hall–Kier alpha value is -1.60. The van der Waals surface area contributed by atoms with Crippen LogP contribution in [0.2, 0.25) is 0 Å². The molecule has 1 rings (SSSR count). The van der Waals surface area contributed by atoms with E-state index in [1.807, 2.05) is 19.3 Å². The molecule has 0 bridgehead atoms. The summed E-state index contributed by atoms with van der Waals surface area (Å²) >= 11 is 0. The van der Waals surface area contributed by atoms with Gasteiger partial charge in [-0.05, 0) is 32.0 Å². The molecule has 1 aromatic rings. The minimum absolute atomic E-state index is 0.271. The SMILES string of the molecule is CCCNc1ccc(CN(C)C(C)CC#N)cn1. The van der Waals surface area contributed by atoms with E-state index >= 15 is 0 Å². The third-order valence-corrected chi connectivity index (χ3v) is 2.95. The molecule has 0 aromatic carbocycles. The fraction of sp³-hybridized carbons (Fsp3) is 0.571. The summed E-state index contributed by atoms with van der Waals surface area (Å²) in [4.78, 5) is 6.54. The maximum Gasteiger partial charge on any atom is 0.125 e. The predicted molar refractivity (Wildman–Crippen MR) is 74.2 cm³/mol. The fourth-order valence-electron chi connectivity index (χ4n) is 1.61. The zero-order valence-electron chi connectivity index (χ0n) is 11.5. The van der Waals surface area contributed by atoms with Crippen LogP contribution in [-0.4, -0.2) is 29.5 Å². The van der Waals surface area contributed by atoms with Gasteiger partial charge >= 0.3 is 0 Å². The lowest BCUT2D eigenvalue weighted by molar-refractivity contribution is 0.252. The smallest absolute Gasteiger partial charge is 0.125 e. The molecule has 1 atom stereocenters. The minimum atomic E-state index is 0.271. The largest absolute Gasteiger partial charge is 0.370 e. The average molecular weight is 246 g/mol. The molecule has 98 valence electrons. The van der Waals surface area contributed by atoms with Crippen molar-refractivity contribution in [3.05, 3.63) is 23.9 Å². The van der Waals surface area contributed by atoms with Gasteiger partial charge in [-0.3, -0.25) is 4.90 Å². The Morgan fingerprint density at radius 1 is 1.50 bits per heavy atom. The summed E-state index contributed by atoms with van der Waals surface area (Å²) in [5.41, 5.74) is 1.17. The first kappa shape index (κ1) is 14.5. The Labute approximate surface area is 110 Å². The normalized spacial score (nSPS) is 12.2. The number of nitrogens with one attached hydrogen (secondary N) is 1. The molecule has 1 unspecified atom stereocenters. The van der Waals surface area contributed by atoms with Gasteiger partial charge in [-0.15, -0.1) is 0 Å². The van der Waals surface area contributed by atoms with Crippen LogP contribution in [0.3, 0.4) is 0 Å². The standard InChI is InChI=1S/C14H22N4/c1-4-9-16-14-6-5-13(10-17-14)11-18(3)12(2)7-8-15/h5-6,10,12H,4,7,9,11H2,1-3H3,(H,16,17). The van der Waals surface area contributed by atoms with Crippen molar-refractivity contribution in [1.29, 1.82) is 5.26 Å². The lowest BCUT2D eigenvalue weighted by Gasteiger charge is -2.22. The molecule has 1 heterocycles. The molecular weight excluding hydrogens is 224 g/mol. The van der Waals surface area contributed by atoms with Gasteiger partial charge < -0.3 is 5.32 Å². The second kappa shape index (κ2) is 7.67. The van der Waals surface area contributed by atoms with Gasteiger partial charge in [0.15, 0.2) is 0 Å². The van der Waals surface area contributed by atoms with Gasteiger partial charge in [-0.25, -0.2) is 4.98 Å². The minimum Gasteiger partial charge on any atom is -0.370 e. The summed E-state index contributed by atoms with van der Waals surface area (Å²) in [6, 6.07) is 6.56. The van der Waals surface area contributed by atoms with E-state index in [9.17, 15) is 0 Å². The molecule has 0 amide bonds.